The van der Waals surface area contributed by atoms with E-state index in [9.17, 15) is 4.79 Å². The summed E-state index contributed by atoms with van der Waals surface area (Å²) in [6.45, 7) is 0.455. The molecule has 0 aliphatic carbocycles. The fraction of sp³-hybridized carbons (Fsp3) is 0.300. The molecule has 0 fully saturated rings. The summed E-state index contributed by atoms with van der Waals surface area (Å²) in [5.41, 5.74) is 0.917. The highest BCUT2D eigenvalue weighted by atomic mass is 16.5. The number of rotatable bonds is 5. The van der Waals surface area contributed by atoms with Gasteiger partial charge in [0.05, 0.1) is 14.2 Å². The Bertz CT molecular complexity index is 312. The van der Waals surface area contributed by atoms with Crippen LogP contribution in [0.1, 0.15) is 5.56 Å². The maximum atomic E-state index is 10.1. The van der Waals surface area contributed by atoms with E-state index in [4.69, 9.17) is 9.47 Å². The Labute approximate surface area is 82.8 Å². The van der Waals surface area contributed by atoms with Crippen LogP contribution in [0.3, 0.4) is 0 Å². The summed E-state index contributed by atoms with van der Waals surface area (Å²) in [7, 11) is 3.18. The van der Waals surface area contributed by atoms with Crippen LogP contribution in [0.25, 0.3) is 0 Å². The molecule has 4 nitrogen and oxygen atoms in total. The number of carbonyl (C=O) groups is 1. The van der Waals surface area contributed by atoms with Gasteiger partial charge in [0.2, 0.25) is 6.41 Å². The molecule has 0 spiro atoms. The third-order valence-electron chi connectivity index (χ3n) is 1.87. The molecule has 14 heavy (non-hydrogen) atoms. The summed E-state index contributed by atoms with van der Waals surface area (Å²) in [5, 5.41) is 2.58. The van der Waals surface area contributed by atoms with E-state index in [1.54, 1.807) is 20.3 Å². The Morgan fingerprint density at radius 1 is 1.36 bits per heavy atom. The first kappa shape index (κ1) is 10.4. The van der Waals surface area contributed by atoms with Crippen molar-refractivity contribution in [1.82, 2.24) is 5.32 Å². The maximum Gasteiger partial charge on any atom is 0.207 e. The first-order chi connectivity index (χ1) is 6.81. The monoisotopic (exact) mass is 195 g/mol. The minimum Gasteiger partial charge on any atom is -0.497 e. The summed E-state index contributed by atoms with van der Waals surface area (Å²) < 4.78 is 10.2. The summed E-state index contributed by atoms with van der Waals surface area (Å²) in [4.78, 5) is 10.1. The molecule has 4 heteroatoms. The van der Waals surface area contributed by atoms with Crippen molar-refractivity contribution in [3.8, 4) is 11.5 Å². The van der Waals surface area contributed by atoms with Gasteiger partial charge in [-0.25, -0.2) is 0 Å². The molecule has 0 aromatic heterocycles. The normalized spacial score (nSPS) is 9.29. The highest BCUT2D eigenvalue weighted by Crippen LogP contribution is 2.24. The first-order valence-corrected chi connectivity index (χ1v) is 4.19. The molecular formula is C10H13NO3. The van der Waals surface area contributed by atoms with E-state index in [1.165, 1.54) is 0 Å². The summed E-state index contributed by atoms with van der Waals surface area (Å²) in [6, 6.07) is 5.46. The Morgan fingerprint density at radius 3 is 2.71 bits per heavy atom. The molecule has 0 heterocycles. The van der Waals surface area contributed by atoms with Crippen molar-refractivity contribution in [1.29, 1.82) is 0 Å². The highest BCUT2D eigenvalue weighted by molar-refractivity contribution is 5.48. The lowest BCUT2D eigenvalue weighted by atomic mass is 10.2. The molecule has 0 saturated carbocycles. The molecule has 0 aliphatic rings. The zero-order valence-corrected chi connectivity index (χ0v) is 8.24. The van der Waals surface area contributed by atoms with E-state index in [0.29, 0.717) is 18.7 Å². The molecule has 0 aliphatic heterocycles. The smallest absolute Gasteiger partial charge is 0.207 e. The molecule has 1 amide bonds. The molecule has 76 valence electrons. The van der Waals surface area contributed by atoms with Crippen LogP contribution in [0.15, 0.2) is 18.2 Å². The van der Waals surface area contributed by atoms with Gasteiger partial charge in [-0.15, -0.1) is 0 Å². The van der Waals surface area contributed by atoms with Crippen LogP contribution in [-0.4, -0.2) is 20.6 Å². The van der Waals surface area contributed by atoms with Crippen molar-refractivity contribution in [3.63, 3.8) is 0 Å². The van der Waals surface area contributed by atoms with Gasteiger partial charge in [0, 0.05) is 18.2 Å². The van der Waals surface area contributed by atoms with Gasteiger partial charge in [0.25, 0.3) is 0 Å². The van der Waals surface area contributed by atoms with Crippen LogP contribution < -0.4 is 14.8 Å². The Morgan fingerprint density at radius 2 is 2.14 bits per heavy atom. The van der Waals surface area contributed by atoms with Gasteiger partial charge >= 0.3 is 0 Å². The van der Waals surface area contributed by atoms with E-state index >= 15 is 0 Å². The highest BCUT2D eigenvalue weighted by Gasteiger charge is 2.03. The molecule has 0 saturated heterocycles. The number of benzene rings is 1. The molecule has 0 unspecified atom stereocenters. The van der Waals surface area contributed by atoms with Gasteiger partial charge in [-0.05, 0) is 12.1 Å². The van der Waals surface area contributed by atoms with Crippen molar-refractivity contribution in [2.75, 3.05) is 14.2 Å². The molecule has 1 N–H and O–H groups in total. The number of hydrogen-bond donors (Lipinski definition) is 1. The minimum absolute atomic E-state index is 0.455. The van der Waals surface area contributed by atoms with E-state index in [1.807, 2.05) is 12.1 Å². The standard InChI is InChI=1S/C10H13NO3/c1-13-9-4-3-8(6-11-7-12)10(5-9)14-2/h3-5,7H,6H2,1-2H3,(H,11,12). The average molecular weight is 195 g/mol. The Kier molecular flexibility index (Phi) is 3.79. The molecule has 0 bridgehead atoms. The van der Waals surface area contributed by atoms with Gasteiger partial charge in [-0.2, -0.15) is 0 Å². The van der Waals surface area contributed by atoms with Crippen LogP contribution in [0, 0.1) is 0 Å². The summed E-state index contributed by atoms with van der Waals surface area (Å²) in [5.74, 6) is 1.44. The zero-order valence-electron chi connectivity index (χ0n) is 8.24. The summed E-state index contributed by atoms with van der Waals surface area (Å²) in [6.07, 6.45) is 0.656. The van der Waals surface area contributed by atoms with Crippen molar-refractivity contribution in [2.24, 2.45) is 0 Å². The van der Waals surface area contributed by atoms with Gasteiger partial charge in [-0.3, -0.25) is 4.79 Å². The lowest BCUT2D eigenvalue weighted by Gasteiger charge is -2.09. The number of hydrogen-bond acceptors (Lipinski definition) is 3. The second-order valence-electron chi connectivity index (χ2n) is 2.68. The van der Waals surface area contributed by atoms with Gasteiger partial charge in [-0.1, -0.05) is 0 Å². The van der Waals surface area contributed by atoms with Crippen LogP contribution in [-0.2, 0) is 11.3 Å². The second kappa shape index (κ2) is 5.11. The van der Waals surface area contributed by atoms with Crippen LogP contribution in [0.2, 0.25) is 0 Å². The van der Waals surface area contributed by atoms with Gasteiger partial charge in [0.15, 0.2) is 0 Å². The second-order valence-corrected chi connectivity index (χ2v) is 2.68. The third-order valence-corrected chi connectivity index (χ3v) is 1.87. The average Bonchev–Trinajstić information content (AvgIpc) is 2.26. The minimum atomic E-state index is 0.455. The zero-order chi connectivity index (χ0) is 10.4. The molecular weight excluding hydrogens is 182 g/mol. The van der Waals surface area contributed by atoms with Crippen LogP contribution >= 0.6 is 0 Å². The van der Waals surface area contributed by atoms with Crippen LogP contribution in [0.5, 0.6) is 11.5 Å². The molecule has 1 rings (SSSR count). The van der Waals surface area contributed by atoms with Gasteiger partial charge in [0.1, 0.15) is 11.5 Å². The predicted molar refractivity (Wildman–Crippen MR) is 52.4 cm³/mol. The molecule has 0 atom stereocenters. The number of nitrogens with one attached hydrogen (secondary N) is 1. The topological polar surface area (TPSA) is 47.6 Å². The largest absolute Gasteiger partial charge is 0.497 e. The fourth-order valence-corrected chi connectivity index (χ4v) is 1.15. The Balaban J connectivity index is 2.87. The lowest BCUT2D eigenvalue weighted by molar-refractivity contribution is -0.109. The first-order valence-electron chi connectivity index (χ1n) is 4.19. The molecule has 0 radical (unpaired) electrons. The van der Waals surface area contributed by atoms with E-state index < -0.39 is 0 Å². The van der Waals surface area contributed by atoms with Crippen molar-refractivity contribution in [2.45, 2.75) is 6.54 Å². The van der Waals surface area contributed by atoms with E-state index in [2.05, 4.69) is 5.32 Å². The number of ether oxygens (including phenoxy) is 2. The number of amides is 1. The van der Waals surface area contributed by atoms with Crippen molar-refractivity contribution in [3.05, 3.63) is 23.8 Å². The van der Waals surface area contributed by atoms with E-state index in [-0.39, 0.29) is 0 Å². The Hall–Kier alpha value is -1.71. The predicted octanol–water partition coefficient (Wildman–Crippen LogP) is 0.950. The van der Waals surface area contributed by atoms with Crippen LogP contribution in [0.4, 0.5) is 0 Å². The van der Waals surface area contributed by atoms with Crippen molar-refractivity contribution < 1.29 is 14.3 Å². The molecule has 1 aromatic carbocycles. The molecule has 1 aromatic rings. The maximum absolute atomic E-state index is 10.1. The SMILES string of the molecule is COc1ccc(CNC=O)c(OC)c1. The third kappa shape index (κ3) is 2.39. The number of methoxy groups -OCH3 is 2. The summed E-state index contributed by atoms with van der Waals surface area (Å²) >= 11 is 0. The van der Waals surface area contributed by atoms with Gasteiger partial charge < -0.3 is 14.8 Å². The fourth-order valence-electron chi connectivity index (χ4n) is 1.15. The number of carbonyl (C=O) groups excluding carboxylic acids is 1. The quantitative estimate of drug-likeness (QED) is 0.711. The lowest BCUT2D eigenvalue weighted by Crippen LogP contribution is -2.10. The van der Waals surface area contributed by atoms with E-state index in [0.717, 1.165) is 11.3 Å². The van der Waals surface area contributed by atoms with Crippen molar-refractivity contribution >= 4 is 6.41 Å².